The van der Waals surface area contributed by atoms with Crippen molar-refractivity contribution in [1.82, 2.24) is 9.88 Å². The highest BCUT2D eigenvalue weighted by molar-refractivity contribution is 5.72. The zero-order valence-electron chi connectivity index (χ0n) is 10.6. The highest BCUT2D eigenvalue weighted by Crippen LogP contribution is 2.22. The molecule has 0 bridgehead atoms. The Hall–Kier alpha value is -2.04. The molecule has 1 aliphatic rings. The number of aromatic nitrogens is 1. The number of amides is 1. The van der Waals surface area contributed by atoms with Crippen LogP contribution in [0.2, 0.25) is 0 Å². The van der Waals surface area contributed by atoms with E-state index in [1.165, 1.54) is 4.90 Å². The molecule has 1 aromatic heterocycles. The monoisotopic (exact) mass is 260 g/mol. The van der Waals surface area contributed by atoms with Crippen molar-refractivity contribution in [3.05, 3.63) is 30.2 Å². The van der Waals surface area contributed by atoms with E-state index in [2.05, 4.69) is 4.98 Å². The molecule has 1 unspecified atom stereocenters. The topological polar surface area (TPSA) is 66.6 Å². The van der Waals surface area contributed by atoms with Crippen molar-refractivity contribution in [2.75, 3.05) is 6.54 Å². The number of benzene rings is 1. The molecule has 2 heterocycles. The number of piperidine rings is 1. The number of nitrogens with zero attached hydrogens (tertiary/aromatic N) is 2. The smallest absolute Gasteiger partial charge is 0.407 e. The second-order valence-electron chi connectivity index (χ2n) is 4.91. The van der Waals surface area contributed by atoms with Crippen LogP contribution in [0.15, 0.2) is 28.7 Å². The predicted molar refractivity (Wildman–Crippen MR) is 70.1 cm³/mol. The average Bonchev–Trinajstić information content (AvgIpc) is 2.81. The van der Waals surface area contributed by atoms with Crippen molar-refractivity contribution in [3.8, 4) is 0 Å². The Morgan fingerprint density at radius 1 is 1.42 bits per heavy atom. The van der Waals surface area contributed by atoms with E-state index < -0.39 is 6.09 Å². The van der Waals surface area contributed by atoms with Gasteiger partial charge in [0, 0.05) is 19.0 Å². The Bertz CT molecular complexity index is 560. The summed E-state index contributed by atoms with van der Waals surface area (Å²) < 4.78 is 5.67. The lowest BCUT2D eigenvalue weighted by Gasteiger charge is -2.32. The number of oxazole rings is 1. The number of para-hydroxylation sites is 2. The summed E-state index contributed by atoms with van der Waals surface area (Å²) in [6.45, 7) is 0.611. The summed E-state index contributed by atoms with van der Waals surface area (Å²) in [5.41, 5.74) is 1.59. The predicted octanol–water partition coefficient (Wildman–Crippen LogP) is 2.90. The van der Waals surface area contributed by atoms with Gasteiger partial charge in [-0.05, 0) is 31.4 Å². The molecule has 1 atom stereocenters. The third-order valence-corrected chi connectivity index (χ3v) is 3.62. The van der Waals surface area contributed by atoms with Gasteiger partial charge in [-0.2, -0.15) is 0 Å². The third-order valence-electron chi connectivity index (χ3n) is 3.62. The summed E-state index contributed by atoms with van der Waals surface area (Å²) in [6.07, 6.45) is 2.60. The van der Waals surface area contributed by atoms with Crippen molar-refractivity contribution in [1.29, 1.82) is 0 Å². The maximum Gasteiger partial charge on any atom is 0.407 e. The molecule has 2 aromatic rings. The first kappa shape index (κ1) is 12.0. The van der Waals surface area contributed by atoms with Gasteiger partial charge in [-0.1, -0.05) is 12.1 Å². The van der Waals surface area contributed by atoms with Crippen LogP contribution in [-0.4, -0.2) is 33.7 Å². The van der Waals surface area contributed by atoms with Crippen LogP contribution in [0.1, 0.15) is 25.2 Å². The number of carbonyl (C=O) groups is 1. The molecule has 1 N–H and O–H groups in total. The van der Waals surface area contributed by atoms with E-state index in [0.717, 1.165) is 30.4 Å². The van der Waals surface area contributed by atoms with E-state index in [9.17, 15) is 9.90 Å². The van der Waals surface area contributed by atoms with Crippen LogP contribution in [0, 0.1) is 0 Å². The number of hydrogen-bond donors (Lipinski definition) is 1. The number of hydrogen-bond acceptors (Lipinski definition) is 3. The molecular formula is C14H16N2O3. The van der Waals surface area contributed by atoms with Crippen LogP contribution in [0.5, 0.6) is 0 Å². The molecule has 1 saturated heterocycles. The van der Waals surface area contributed by atoms with E-state index in [1.807, 2.05) is 24.3 Å². The second-order valence-corrected chi connectivity index (χ2v) is 4.91. The largest absolute Gasteiger partial charge is 0.465 e. The zero-order valence-corrected chi connectivity index (χ0v) is 10.6. The van der Waals surface area contributed by atoms with Gasteiger partial charge in [0.2, 0.25) is 0 Å². The van der Waals surface area contributed by atoms with Gasteiger partial charge in [-0.3, -0.25) is 0 Å². The number of fused-ring (bicyclic) bond motifs is 1. The average molecular weight is 260 g/mol. The lowest BCUT2D eigenvalue weighted by Crippen LogP contribution is -2.44. The first-order valence-electron chi connectivity index (χ1n) is 6.58. The van der Waals surface area contributed by atoms with Gasteiger partial charge in [-0.15, -0.1) is 0 Å². The van der Waals surface area contributed by atoms with Crippen LogP contribution < -0.4 is 0 Å². The summed E-state index contributed by atoms with van der Waals surface area (Å²) in [4.78, 5) is 17.1. The lowest BCUT2D eigenvalue weighted by atomic mass is 10.00. The Labute approximate surface area is 110 Å². The third kappa shape index (κ3) is 2.41. The molecule has 0 aliphatic carbocycles. The quantitative estimate of drug-likeness (QED) is 0.901. The van der Waals surface area contributed by atoms with Gasteiger partial charge < -0.3 is 14.4 Å². The van der Waals surface area contributed by atoms with Crippen molar-refractivity contribution < 1.29 is 14.3 Å². The maximum atomic E-state index is 11.2. The Morgan fingerprint density at radius 3 is 3.05 bits per heavy atom. The molecule has 1 fully saturated rings. The standard InChI is InChI=1S/C14H16N2O3/c17-14(18)16-8-4-3-5-10(16)9-13-15-11-6-1-2-7-12(11)19-13/h1-2,6-7,10H,3-5,8-9H2,(H,17,18). The van der Waals surface area contributed by atoms with Crippen molar-refractivity contribution in [2.24, 2.45) is 0 Å². The first-order chi connectivity index (χ1) is 9.24. The van der Waals surface area contributed by atoms with Crippen molar-refractivity contribution in [3.63, 3.8) is 0 Å². The molecule has 3 rings (SSSR count). The SMILES string of the molecule is O=C(O)N1CCCCC1Cc1nc2ccccc2o1. The van der Waals surface area contributed by atoms with Crippen LogP contribution in [-0.2, 0) is 6.42 Å². The minimum absolute atomic E-state index is 0.0145. The normalized spacial score (nSPS) is 19.8. The molecule has 0 saturated carbocycles. The molecule has 0 spiro atoms. The molecule has 19 heavy (non-hydrogen) atoms. The van der Waals surface area contributed by atoms with Gasteiger partial charge in [0.15, 0.2) is 11.5 Å². The Balaban J connectivity index is 1.80. The molecule has 0 radical (unpaired) electrons. The highest BCUT2D eigenvalue weighted by Gasteiger charge is 2.27. The minimum Gasteiger partial charge on any atom is -0.465 e. The van der Waals surface area contributed by atoms with Crippen LogP contribution in [0.4, 0.5) is 4.79 Å². The fourth-order valence-corrected chi connectivity index (χ4v) is 2.67. The summed E-state index contributed by atoms with van der Waals surface area (Å²) in [6, 6.07) is 7.58. The van der Waals surface area contributed by atoms with Gasteiger partial charge in [0.25, 0.3) is 0 Å². The van der Waals surface area contributed by atoms with E-state index in [0.29, 0.717) is 18.9 Å². The second kappa shape index (κ2) is 4.91. The summed E-state index contributed by atoms with van der Waals surface area (Å²) in [5.74, 6) is 0.624. The fourth-order valence-electron chi connectivity index (χ4n) is 2.67. The van der Waals surface area contributed by atoms with E-state index >= 15 is 0 Å². The molecule has 1 aromatic carbocycles. The summed E-state index contributed by atoms with van der Waals surface area (Å²) >= 11 is 0. The summed E-state index contributed by atoms with van der Waals surface area (Å²) in [7, 11) is 0. The first-order valence-corrected chi connectivity index (χ1v) is 6.58. The molecule has 100 valence electrons. The number of rotatable bonds is 2. The Morgan fingerprint density at radius 2 is 2.26 bits per heavy atom. The minimum atomic E-state index is -0.846. The number of likely N-dealkylation sites (tertiary alicyclic amines) is 1. The molecule has 1 amide bonds. The fraction of sp³-hybridized carbons (Fsp3) is 0.429. The molecule has 1 aliphatic heterocycles. The van der Waals surface area contributed by atoms with Gasteiger partial charge >= 0.3 is 6.09 Å². The highest BCUT2D eigenvalue weighted by atomic mass is 16.4. The maximum absolute atomic E-state index is 11.2. The Kier molecular flexibility index (Phi) is 3.11. The van der Waals surface area contributed by atoms with Crippen LogP contribution >= 0.6 is 0 Å². The molecule has 5 nitrogen and oxygen atoms in total. The molecule has 5 heteroatoms. The van der Waals surface area contributed by atoms with E-state index in [4.69, 9.17) is 4.42 Å². The van der Waals surface area contributed by atoms with E-state index in [1.54, 1.807) is 0 Å². The van der Waals surface area contributed by atoms with Gasteiger partial charge in [0.05, 0.1) is 0 Å². The summed E-state index contributed by atoms with van der Waals surface area (Å²) in [5, 5.41) is 9.20. The van der Waals surface area contributed by atoms with Crippen molar-refractivity contribution in [2.45, 2.75) is 31.7 Å². The van der Waals surface area contributed by atoms with Crippen LogP contribution in [0.25, 0.3) is 11.1 Å². The van der Waals surface area contributed by atoms with Crippen LogP contribution in [0.3, 0.4) is 0 Å². The number of carboxylic acid groups (broad SMARTS) is 1. The van der Waals surface area contributed by atoms with E-state index in [-0.39, 0.29) is 6.04 Å². The van der Waals surface area contributed by atoms with Gasteiger partial charge in [-0.25, -0.2) is 9.78 Å². The lowest BCUT2D eigenvalue weighted by molar-refractivity contribution is 0.104. The van der Waals surface area contributed by atoms with Gasteiger partial charge in [0.1, 0.15) is 5.52 Å². The van der Waals surface area contributed by atoms with Crippen molar-refractivity contribution >= 4 is 17.2 Å². The molecular weight excluding hydrogens is 244 g/mol. The zero-order chi connectivity index (χ0) is 13.2.